The Kier molecular flexibility index (Phi) is 2.44. The molecule has 2 aromatic rings. The number of H-pyrrole nitrogens is 1. The first kappa shape index (κ1) is 9.91. The van der Waals surface area contributed by atoms with Gasteiger partial charge in [-0.05, 0) is 49.9 Å². The fraction of sp³-hybridized carbons (Fsp3) is 0.429. The van der Waals surface area contributed by atoms with Gasteiger partial charge in [0.15, 0.2) is 0 Å². The molecule has 0 bridgehead atoms. The minimum absolute atomic E-state index is 0.773. The van der Waals surface area contributed by atoms with Crippen LogP contribution in [0.4, 0.5) is 0 Å². The molecule has 1 aromatic carbocycles. The summed E-state index contributed by atoms with van der Waals surface area (Å²) in [4.78, 5) is 3.37. The van der Waals surface area contributed by atoms with Crippen LogP contribution in [0.3, 0.4) is 0 Å². The highest BCUT2D eigenvalue weighted by atomic mass is 14.8. The number of nitrogens with one attached hydrogen (secondary N) is 2. The Morgan fingerprint density at radius 3 is 2.94 bits per heavy atom. The van der Waals surface area contributed by atoms with Crippen molar-refractivity contribution in [1.82, 2.24) is 10.3 Å². The van der Waals surface area contributed by atoms with Gasteiger partial charge in [-0.25, -0.2) is 0 Å². The minimum atomic E-state index is 0.773. The van der Waals surface area contributed by atoms with Crippen molar-refractivity contribution in [2.75, 3.05) is 13.6 Å². The van der Waals surface area contributed by atoms with Crippen LogP contribution < -0.4 is 5.32 Å². The Hall–Kier alpha value is -1.28. The number of hydrogen-bond donors (Lipinski definition) is 2. The third-order valence-corrected chi connectivity index (χ3v) is 3.79. The van der Waals surface area contributed by atoms with Crippen molar-refractivity contribution in [2.24, 2.45) is 5.92 Å². The van der Waals surface area contributed by atoms with E-state index in [1.165, 1.54) is 35.9 Å². The van der Waals surface area contributed by atoms with Gasteiger partial charge in [0.1, 0.15) is 0 Å². The molecule has 1 fully saturated rings. The van der Waals surface area contributed by atoms with E-state index in [4.69, 9.17) is 0 Å². The van der Waals surface area contributed by atoms with Crippen LogP contribution >= 0.6 is 0 Å². The average molecular weight is 214 g/mol. The van der Waals surface area contributed by atoms with Crippen LogP contribution in [0.25, 0.3) is 10.9 Å². The van der Waals surface area contributed by atoms with Gasteiger partial charge in [0.05, 0.1) is 0 Å². The Morgan fingerprint density at radius 2 is 2.12 bits per heavy atom. The molecule has 0 aliphatic heterocycles. The summed E-state index contributed by atoms with van der Waals surface area (Å²) >= 11 is 0. The average Bonchev–Trinajstić information content (AvgIpc) is 2.66. The topological polar surface area (TPSA) is 27.8 Å². The van der Waals surface area contributed by atoms with Crippen LogP contribution in [0.5, 0.6) is 0 Å². The SMILES string of the molecule is CNCC1CC(c2c[nH]c3ccccc23)C1. The van der Waals surface area contributed by atoms with Crippen molar-refractivity contribution in [2.45, 2.75) is 18.8 Å². The summed E-state index contributed by atoms with van der Waals surface area (Å²) in [6, 6.07) is 8.60. The number of para-hydroxylation sites is 1. The molecule has 1 heterocycles. The molecule has 0 radical (unpaired) electrons. The molecule has 2 nitrogen and oxygen atoms in total. The van der Waals surface area contributed by atoms with Crippen LogP contribution in [-0.4, -0.2) is 18.6 Å². The van der Waals surface area contributed by atoms with Gasteiger partial charge in [-0.1, -0.05) is 18.2 Å². The molecule has 3 rings (SSSR count). The summed E-state index contributed by atoms with van der Waals surface area (Å²) in [5.74, 6) is 1.65. The maximum atomic E-state index is 3.37. The van der Waals surface area contributed by atoms with Crippen molar-refractivity contribution in [3.63, 3.8) is 0 Å². The quantitative estimate of drug-likeness (QED) is 0.808. The van der Waals surface area contributed by atoms with Gasteiger partial charge in [-0.2, -0.15) is 0 Å². The largest absolute Gasteiger partial charge is 0.361 e. The highest BCUT2D eigenvalue weighted by molar-refractivity contribution is 5.83. The second-order valence-electron chi connectivity index (χ2n) is 4.88. The Morgan fingerprint density at radius 1 is 1.31 bits per heavy atom. The second-order valence-corrected chi connectivity index (χ2v) is 4.88. The first-order chi connectivity index (χ1) is 7.88. The number of hydrogen-bond acceptors (Lipinski definition) is 1. The Labute approximate surface area is 96.1 Å². The maximum Gasteiger partial charge on any atom is 0.0456 e. The normalized spacial score (nSPS) is 24.6. The molecule has 0 saturated heterocycles. The van der Waals surface area contributed by atoms with Gasteiger partial charge in [0.2, 0.25) is 0 Å². The Balaban J connectivity index is 1.81. The molecule has 0 spiro atoms. The molecule has 2 N–H and O–H groups in total. The number of fused-ring (bicyclic) bond motifs is 1. The van der Waals surface area contributed by atoms with E-state index >= 15 is 0 Å². The summed E-state index contributed by atoms with van der Waals surface area (Å²) in [7, 11) is 2.04. The first-order valence-corrected chi connectivity index (χ1v) is 6.09. The molecular weight excluding hydrogens is 196 g/mol. The molecular formula is C14H18N2. The summed E-state index contributed by atoms with van der Waals surface area (Å²) in [6.45, 7) is 1.17. The molecule has 0 amide bonds. The molecule has 1 saturated carbocycles. The zero-order valence-corrected chi connectivity index (χ0v) is 9.66. The fourth-order valence-electron chi connectivity index (χ4n) is 2.88. The van der Waals surface area contributed by atoms with Gasteiger partial charge in [0, 0.05) is 17.1 Å². The lowest BCUT2D eigenvalue weighted by Crippen LogP contribution is -2.30. The van der Waals surface area contributed by atoms with E-state index in [1.54, 1.807) is 0 Å². The summed E-state index contributed by atoms with van der Waals surface area (Å²) in [5, 5.41) is 4.68. The first-order valence-electron chi connectivity index (χ1n) is 6.09. The standard InChI is InChI=1S/C14H18N2/c1-15-8-10-6-11(7-10)13-9-16-14-5-3-2-4-12(13)14/h2-5,9-11,15-16H,6-8H2,1H3. The number of rotatable bonds is 3. The minimum Gasteiger partial charge on any atom is -0.361 e. The van der Waals surface area contributed by atoms with E-state index in [9.17, 15) is 0 Å². The highest BCUT2D eigenvalue weighted by Crippen LogP contribution is 2.43. The molecule has 0 atom stereocenters. The zero-order chi connectivity index (χ0) is 11.0. The van der Waals surface area contributed by atoms with Crippen LogP contribution in [0.1, 0.15) is 24.3 Å². The van der Waals surface area contributed by atoms with Gasteiger partial charge in [-0.3, -0.25) is 0 Å². The van der Waals surface area contributed by atoms with Crippen LogP contribution in [0.2, 0.25) is 0 Å². The molecule has 1 aliphatic rings. The molecule has 2 heteroatoms. The third-order valence-electron chi connectivity index (χ3n) is 3.79. The predicted octanol–water partition coefficient (Wildman–Crippen LogP) is 2.88. The highest BCUT2D eigenvalue weighted by Gasteiger charge is 2.30. The molecule has 16 heavy (non-hydrogen) atoms. The van der Waals surface area contributed by atoms with Crippen LogP contribution in [0, 0.1) is 5.92 Å². The van der Waals surface area contributed by atoms with Crippen molar-refractivity contribution in [1.29, 1.82) is 0 Å². The van der Waals surface area contributed by atoms with Crippen molar-refractivity contribution in [3.8, 4) is 0 Å². The lowest BCUT2D eigenvalue weighted by Gasteiger charge is -2.35. The van der Waals surface area contributed by atoms with Crippen LogP contribution in [0.15, 0.2) is 30.5 Å². The van der Waals surface area contributed by atoms with Gasteiger partial charge in [0.25, 0.3) is 0 Å². The summed E-state index contributed by atoms with van der Waals surface area (Å²) in [5.41, 5.74) is 2.79. The van der Waals surface area contributed by atoms with Gasteiger partial charge >= 0.3 is 0 Å². The molecule has 84 valence electrons. The lowest BCUT2D eigenvalue weighted by atomic mass is 9.71. The predicted molar refractivity (Wildman–Crippen MR) is 67.7 cm³/mol. The third kappa shape index (κ3) is 1.54. The zero-order valence-electron chi connectivity index (χ0n) is 9.66. The van der Waals surface area contributed by atoms with E-state index in [0.29, 0.717) is 0 Å². The summed E-state index contributed by atoms with van der Waals surface area (Å²) < 4.78 is 0. The van der Waals surface area contributed by atoms with E-state index in [0.717, 1.165) is 11.8 Å². The monoisotopic (exact) mass is 214 g/mol. The van der Waals surface area contributed by atoms with Gasteiger partial charge in [-0.15, -0.1) is 0 Å². The smallest absolute Gasteiger partial charge is 0.0456 e. The number of aromatic amines is 1. The summed E-state index contributed by atoms with van der Waals surface area (Å²) in [6.07, 6.45) is 4.87. The number of benzene rings is 1. The van der Waals surface area contributed by atoms with E-state index in [2.05, 4.69) is 40.8 Å². The van der Waals surface area contributed by atoms with Crippen molar-refractivity contribution >= 4 is 10.9 Å². The molecule has 1 aliphatic carbocycles. The van der Waals surface area contributed by atoms with E-state index < -0.39 is 0 Å². The Bertz CT molecular complexity index is 480. The van der Waals surface area contributed by atoms with Crippen LogP contribution in [-0.2, 0) is 0 Å². The van der Waals surface area contributed by atoms with Crippen molar-refractivity contribution in [3.05, 3.63) is 36.0 Å². The second kappa shape index (κ2) is 3.95. The fourth-order valence-corrected chi connectivity index (χ4v) is 2.88. The maximum absolute atomic E-state index is 3.37. The van der Waals surface area contributed by atoms with E-state index in [-0.39, 0.29) is 0 Å². The molecule has 1 aromatic heterocycles. The van der Waals surface area contributed by atoms with E-state index in [1.807, 2.05) is 7.05 Å². The van der Waals surface area contributed by atoms with Crippen molar-refractivity contribution < 1.29 is 0 Å². The van der Waals surface area contributed by atoms with Gasteiger partial charge < -0.3 is 10.3 Å². The lowest BCUT2D eigenvalue weighted by molar-refractivity contribution is 0.261. The number of aromatic nitrogens is 1. The molecule has 0 unspecified atom stereocenters.